The van der Waals surface area contributed by atoms with Gasteiger partial charge < -0.3 is 19.1 Å². The summed E-state index contributed by atoms with van der Waals surface area (Å²) in [5.74, 6) is 1.27. The number of carbonyl (C=O) groups excluding carboxylic acids is 1. The van der Waals surface area contributed by atoms with Gasteiger partial charge in [0.15, 0.2) is 0 Å². The van der Waals surface area contributed by atoms with Gasteiger partial charge in [0, 0.05) is 45.1 Å². The zero-order valence-corrected chi connectivity index (χ0v) is 17.5. The molecule has 0 bridgehead atoms. The molecule has 1 aliphatic rings. The normalized spacial score (nSPS) is 14.7. The van der Waals surface area contributed by atoms with Gasteiger partial charge >= 0.3 is 0 Å². The van der Waals surface area contributed by atoms with Crippen molar-refractivity contribution < 1.29 is 14.6 Å². The minimum Gasteiger partial charge on any atom is -0.456 e. The molecule has 9 nitrogen and oxygen atoms in total. The van der Waals surface area contributed by atoms with E-state index in [-0.39, 0.29) is 5.91 Å². The third-order valence-corrected chi connectivity index (χ3v) is 5.62. The molecule has 0 atom stereocenters. The first kappa shape index (κ1) is 20.2. The van der Waals surface area contributed by atoms with Gasteiger partial charge in [-0.1, -0.05) is 0 Å². The maximum atomic E-state index is 11.6. The number of aromatic amines is 1. The van der Waals surface area contributed by atoms with Crippen molar-refractivity contribution in [1.82, 2.24) is 29.4 Å². The molecule has 9 heteroatoms. The van der Waals surface area contributed by atoms with Gasteiger partial charge in [0.2, 0.25) is 5.91 Å². The number of fused-ring (bicyclic) bond motifs is 1. The molecule has 1 saturated heterocycles. The van der Waals surface area contributed by atoms with E-state index in [2.05, 4.69) is 15.1 Å². The number of rotatable bonds is 6. The quantitative estimate of drug-likeness (QED) is 0.484. The van der Waals surface area contributed by atoms with E-state index in [1.807, 2.05) is 59.3 Å². The van der Waals surface area contributed by atoms with Crippen LogP contribution < -0.4 is 4.74 Å². The topological polar surface area (TPSA) is 99.0 Å². The minimum atomic E-state index is -0.425. The van der Waals surface area contributed by atoms with E-state index in [4.69, 9.17) is 14.8 Å². The van der Waals surface area contributed by atoms with Gasteiger partial charge in [0.25, 0.3) is 0 Å². The molecule has 0 saturated carbocycles. The Bertz CT molecular complexity index is 1190. The molecular weight excluding hydrogens is 408 g/mol. The largest absolute Gasteiger partial charge is 0.456 e. The van der Waals surface area contributed by atoms with Crippen LogP contribution in [-0.4, -0.2) is 73.2 Å². The molecule has 1 amide bonds. The molecule has 0 unspecified atom stereocenters. The Labute approximate surface area is 184 Å². The Morgan fingerprint density at radius 1 is 1.00 bits per heavy atom. The molecule has 32 heavy (non-hydrogen) atoms. The van der Waals surface area contributed by atoms with Crippen LogP contribution in [0.1, 0.15) is 5.69 Å². The lowest BCUT2D eigenvalue weighted by atomic mass is 10.1. The molecule has 1 aromatic carbocycles. The Hall–Kier alpha value is -3.69. The average molecular weight is 432 g/mol. The highest BCUT2D eigenvalue weighted by molar-refractivity contribution is 5.77. The summed E-state index contributed by atoms with van der Waals surface area (Å²) >= 11 is 0. The van der Waals surface area contributed by atoms with Crippen LogP contribution in [0.3, 0.4) is 0 Å². The Morgan fingerprint density at radius 3 is 2.50 bits per heavy atom. The van der Waals surface area contributed by atoms with Gasteiger partial charge in [0.05, 0.1) is 17.6 Å². The number of nitrogens with zero attached hydrogens (tertiary/aromatic N) is 5. The van der Waals surface area contributed by atoms with Gasteiger partial charge in [-0.05, 0) is 48.0 Å². The first-order valence-electron chi connectivity index (χ1n) is 10.5. The van der Waals surface area contributed by atoms with E-state index < -0.39 is 6.61 Å². The summed E-state index contributed by atoms with van der Waals surface area (Å²) in [7, 11) is 0. The molecule has 5 rings (SSSR count). The van der Waals surface area contributed by atoms with E-state index in [1.165, 1.54) is 0 Å². The minimum absolute atomic E-state index is 0.208. The molecule has 2 N–H and O–H groups in total. The molecule has 3 aromatic heterocycles. The van der Waals surface area contributed by atoms with Crippen molar-refractivity contribution in [1.29, 1.82) is 0 Å². The lowest BCUT2D eigenvalue weighted by molar-refractivity contribution is -0.136. The molecule has 1 fully saturated rings. The summed E-state index contributed by atoms with van der Waals surface area (Å²) in [5.41, 5.74) is 3.83. The number of carbonyl (C=O) groups is 1. The van der Waals surface area contributed by atoms with Gasteiger partial charge in [-0.25, -0.2) is 4.98 Å². The molecule has 0 radical (unpaired) electrons. The van der Waals surface area contributed by atoms with Crippen molar-refractivity contribution in [2.24, 2.45) is 0 Å². The summed E-state index contributed by atoms with van der Waals surface area (Å²) in [6, 6.07) is 13.6. The molecule has 4 aromatic rings. The van der Waals surface area contributed by atoms with Crippen LogP contribution in [0.15, 0.2) is 61.1 Å². The second-order valence-electron chi connectivity index (χ2n) is 7.77. The van der Waals surface area contributed by atoms with Crippen molar-refractivity contribution in [3.05, 3.63) is 66.7 Å². The fourth-order valence-corrected chi connectivity index (χ4v) is 3.90. The standard InChI is InChI=1S/C23H24N6O3/c30-16-23(31)28-11-9-27(10-12-28)13-18-14-29-15-20(5-6-22(29)25-18)32-19-3-1-17(2-4-19)21-7-8-24-26-21/h1-8,14-15,30H,9-13,16H2,(H,24,26). The maximum Gasteiger partial charge on any atom is 0.248 e. The number of hydrogen-bond acceptors (Lipinski definition) is 6. The van der Waals surface area contributed by atoms with Crippen molar-refractivity contribution in [2.45, 2.75) is 6.54 Å². The summed E-state index contributed by atoms with van der Waals surface area (Å²) in [6.07, 6.45) is 5.66. The van der Waals surface area contributed by atoms with Crippen LogP contribution in [0, 0.1) is 0 Å². The zero-order valence-electron chi connectivity index (χ0n) is 17.5. The number of hydrogen-bond donors (Lipinski definition) is 2. The number of H-pyrrole nitrogens is 1. The highest BCUT2D eigenvalue weighted by Gasteiger charge is 2.21. The molecule has 0 spiro atoms. The van der Waals surface area contributed by atoms with Crippen molar-refractivity contribution in [3.63, 3.8) is 0 Å². The fourth-order valence-electron chi connectivity index (χ4n) is 3.90. The van der Waals surface area contributed by atoms with Crippen LogP contribution in [-0.2, 0) is 11.3 Å². The van der Waals surface area contributed by atoms with E-state index in [1.54, 1.807) is 11.1 Å². The monoisotopic (exact) mass is 432 g/mol. The number of amides is 1. The number of ether oxygens (including phenoxy) is 1. The molecule has 164 valence electrons. The Balaban J connectivity index is 1.23. The smallest absolute Gasteiger partial charge is 0.248 e. The molecule has 1 aliphatic heterocycles. The van der Waals surface area contributed by atoms with Gasteiger partial charge in [0.1, 0.15) is 23.8 Å². The summed E-state index contributed by atoms with van der Waals surface area (Å²) in [6.45, 7) is 3.08. The summed E-state index contributed by atoms with van der Waals surface area (Å²) in [4.78, 5) is 20.3. The predicted molar refractivity (Wildman–Crippen MR) is 118 cm³/mol. The maximum absolute atomic E-state index is 11.6. The van der Waals surface area contributed by atoms with Gasteiger partial charge in [-0.3, -0.25) is 14.8 Å². The van der Waals surface area contributed by atoms with Crippen LogP contribution >= 0.6 is 0 Å². The third-order valence-electron chi connectivity index (χ3n) is 5.62. The van der Waals surface area contributed by atoms with E-state index in [0.717, 1.165) is 47.2 Å². The number of pyridine rings is 1. The van der Waals surface area contributed by atoms with Crippen LogP contribution in [0.4, 0.5) is 0 Å². The number of aromatic nitrogens is 4. The van der Waals surface area contributed by atoms with Crippen molar-refractivity contribution in [2.75, 3.05) is 32.8 Å². The lowest BCUT2D eigenvalue weighted by Gasteiger charge is -2.34. The van der Waals surface area contributed by atoms with Crippen LogP contribution in [0.5, 0.6) is 11.5 Å². The molecule has 0 aliphatic carbocycles. The number of nitrogens with one attached hydrogen (secondary N) is 1. The number of piperazine rings is 1. The molecule has 4 heterocycles. The highest BCUT2D eigenvalue weighted by Crippen LogP contribution is 2.25. The first-order chi connectivity index (χ1) is 15.7. The van der Waals surface area contributed by atoms with E-state index in [9.17, 15) is 4.79 Å². The average Bonchev–Trinajstić information content (AvgIpc) is 3.49. The Morgan fingerprint density at radius 2 is 1.78 bits per heavy atom. The predicted octanol–water partition coefficient (Wildman–Crippen LogP) is 2.15. The van der Waals surface area contributed by atoms with Gasteiger partial charge in [-0.15, -0.1) is 0 Å². The number of benzene rings is 1. The fraction of sp³-hybridized carbons (Fsp3) is 0.261. The lowest BCUT2D eigenvalue weighted by Crippen LogP contribution is -2.49. The van der Waals surface area contributed by atoms with Crippen LogP contribution in [0.25, 0.3) is 16.9 Å². The van der Waals surface area contributed by atoms with Gasteiger partial charge in [-0.2, -0.15) is 5.10 Å². The van der Waals surface area contributed by atoms with Crippen molar-refractivity contribution in [3.8, 4) is 22.8 Å². The zero-order chi connectivity index (χ0) is 21.9. The number of aliphatic hydroxyl groups is 1. The Kier molecular flexibility index (Phi) is 5.57. The summed E-state index contributed by atoms with van der Waals surface area (Å²) in [5, 5.41) is 15.9. The van der Waals surface area contributed by atoms with Crippen molar-refractivity contribution >= 4 is 11.6 Å². The first-order valence-corrected chi connectivity index (χ1v) is 10.5. The van der Waals surface area contributed by atoms with E-state index >= 15 is 0 Å². The second-order valence-corrected chi connectivity index (χ2v) is 7.77. The SMILES string of the molecule is O=C(CO)N1CCN(Cc2cn3cc(Oc4ccc(-c5ccn[nH]5)cc4)ccc3n2)CC1. The molecular formula is C23H24N6O3. The van der Waals surface area contributed by atoms with Crippen LogP contribution in [0.2, 0.25) is 0 Å². The summed E-state index contributed by atoms with van der Waals surface area (Å²) < 4.78 is 7.99. The third kappa shape index (κ3) is 4.34. The highest BCUT2D eigenvalue weighted by atomic mass is 16.5. The number of imidazole rings is 1. The number of aliphatic hydroxyl groups excluding tert-OH is 1. The second kappa shape index (κ2) is 8.81. The van der Waals surface area contributed by atoms with E-state index in [0.29, 0.717) is 19.6 Å².